The van der Waals surface area contributed by atoms with Gasteiger partial charge in [0.15, 0.2) is 5.78 Å². The summed E-state index contributed by atoms with van der Waals surface area (Å²) in [6, 6.07) is 1.83. The molecule has 0 fully saturated rings. The lowest BCUT2D eigenvalue weighted by molar-refractivity contribution is 0.0981. The van der Waals surface area contributed by atoms with Crippen LogP contribution >= 0.6 is 11.3 Å². The van der Waals surface area contributed by atoms with E-state index in [4.69, 9.17) is 4.52 Å². The van der Waals surface area contributed by atoms with Crippen LogP contribution in [0, 0.1) is 0 Å². The number of fused-ring (bicyclic) bond motifs is 1. The van der Waals surface area contributed by atoms with E-state index in [2.05, 4.69) is 5.16 Å². The highest BCUT2D eigenvalue weighted by Gasteiger charge is 2.12. The summed E-state index contributed by atoms with van der Waals surface area (Å²) in [6.07, 6.45) is 0. The second-order valence-electron chi connectivity index (χ2n) is 2.20. The first-order valence-electron chi connectivity index (χ1n) is 3.13. The third-order valence-corrected chi connectivity index (χ3v) is 2.31. The third kappa shape index (κ3) is 0.867. The van der Waals surface area contributed by atoms with Crippen LogP contribution < -0.4 is 0 Å². The Labute approximate surface area is 66.6 Å². The van der Waals surface area contributed by atoms with Gasteiger partial charge in [0.25, 0.3) is 0 Å². The average molecular weight is 167 g/mol. The number of hydrogen-bond acceptors (Lipinski definition) is 4. The van der Waals surface area contributed by atoms with Gasteiger partial charge in [0.2, 0.25) is 5.76 Å². The van der Waals surface area contributed by atoms with Crippen molar-refractivity contribution in [3.63, 3.8) is 0 Å². The number of ketones is 1. The monoisotopic (exact) mass is 167 g/mol. The van der Waals surface area contributed by atoms with Gasteiger partial charge in [-0.25, -0.2) is 0 Å². The Morgan fingerprint density at radius 3 is 3.27 bits per heavy atom. The minimum absolute atomic E-state index is 0.0741. The van der Waals surface area contributed by atoms with E-state index in [0.717, 1.165) is 10.2 Å². The lowest BCUT2D eigenvalue weighted by Crippen LogP contribution is -1.86. The van der Waals surface area contributed by atoms with Crippen molar-refractivity contribution in [2.24, 2.45) is 0 Å². The van der Waals surface area contributed by atoms with Crippen LogP contribution in [0.25, 0.3) is 10.2 Å². The van der Waals surface area contributed by atoms with Gasteiger partial charge in [-0.1, -0.05) is 5.16 Å². The van der Waals surface area contributed by atoms with Crippen molar-refractivity contribution in [3.8, 4) is 0 Å². The second kappa shape index (κ2) is 2.17. The molecule has 0 amide bonds. The van der Waals surface area contributed by atoms with Gasteiger partial charge < -0.3 is 4.52 Å². The third-order valence-electron chi connectivity index (χ3n) is 1.41. The predicted molar refractivity (Wildman–Crippen MR) is 41.9 cm³/mol. The van der Waals surface area contributed by atoms with Gasteiger partial charge in [-0.2, -0.15) is 0 Å². The first kappa shape index (κ1) is 6.54. The molecule has 0 unspecified atom stereocenters. The Morgan fingerprint density at radius 2 is 2.55 bits per heavy atom. The molecule has 0 aromatic carbocycles. The smallest absolute Gasteiger partial charge is 0.219 e. The Kier molecular flexibility index (Phi) is 1.29. The zero-order valence-corrected chi connectivity index (χ0v) is 6.64. The average Bonchev–Trinajstić information content (AvgIpc) is 2.41. The van der Waals surface area contributed by atoms with Crippen molar-refractivity contribution < 1.29 is 9.32 Å². The molecule has 0 atom stereocenters. The minimum atomic E-state index is -0.0741. The second-order valence-corrected chi connectivity index (χ2v) is 3.12. The molecule has 2 rings (SSSR count). The maximum absolute atomic E-state index is 10.9. The van der Waals surface area contributed by atoms with Gasteiger partial charge in [-0.05, 0) is 11.4 Å². The van der Waals surface area contributed by atoms with Gasteiger partial charge in [0.1, 0.15) is 10.2 Å². The molecule has 2 aromatic rings. The van der Waals surface area contributed by atoms with E-state index in [9.17, 15) is 4.79 Å². The van der Waals surface area contributed by atoms with Crippen LogP contribution in [0.3, 0.4) is 0 Å². The number of hydrogen-bond donors (Lipinski definition) is 0. The summed E-state index contributed by atoms with van der Waals surface area (Å²) in [5.74, 6) is 0.296. The van der Waals surface area contributed by atoms with Crippen molar-refractivity contribution in [2.75, 3.05) is 0 Å². The van der Waals surface area contributed by atoms with E-state index >= 15 is 0 Å². The van der Waals surface area contributed by atoms with Gasteiger partial charge in [-0.15, -0.1) is 11.3 Å². The van der Waals surface area contributed by atoms with Crippen LogP contribution in [0.2, 0.25) is 0 Å². The van der Waals surface area contributed by atoms with E-state index in [-0.39, 0.29) is 5.78 Å². The molecule has 3 nitrogen and oxygen atoms in total. The fourth-order valence-corrected chi connectivity index (χ4v) is 1.75. The minimum Gasteiger partial charge on any atom is -0.351 e. The molecule has 0 bridgehead atoms. The predicted octanol–water partition coefficient (Wildman–Crippen LogP) is 2.09. The van der Waals surface area contributed by atoms with Gasteiger partial charge in [0.05, 0.1) is 0 Å². The molecule has 0 aliphatic rings. The Bertz CT molecular complexity index is 401. The molecular formula is C7H5NO2S. The van der Waals surface area contributed by atoms with Crippen molar-refractivity contribution in [1.29, 1.82) is 0 Å². The Balaban J connectivity index is 2.78. The van der Waals surface area contributed by atoms with E-state index in [0.29, 0.717) is 5.76 Å². The number of rotatable bonds is 1. The summed E-state index contributed by atoms with van der Waals surface area (Å²) in [7, 11) is 0. The number of Topliss-reactive ketones (excluding diaryl/α,β-unsaturated/α-hetero) is 1. The van der Waals surface area contributed by atoms with Crippen LogP contribution in [0.5, 0.6) is 0 Å². The lowest BCUT2D eigenvalue weighted by Gasteiger charge is -1.81. The van der Waals surface area contributed by atoms with Crippen molar-refractivity contribution in [2.45, 2.75) is 6.92 Å². The first-order chi connectivity index (χ1) is 5.29. The summed E-state index contributed by atoms with van der Waals surface area (Å²) < 4.78 is 5.67. The number of carbonyl (C=O) groups excluding carboxylic acids is 1. The first-order valence-corrected chi connectivity index (χ1v) is 4.01. The molecule has 0 radical (unpaired) electrons. The Hall–Kier alpha value is -1.16. The molecule has 11 heavy (non-hydrogen) atoms. The molecule has 0 N–H and O–H groups in total. The van der Waals surface area contributed by atoms with Crippen LogP contribution in [-0.2, 0) is 0 Å². The van der Waals surface area contributed by atoms with Crippen LogP contribution in [-0.4, -0.2) is 10.9 Å². The molecular weight excluding hydrogens is 162 g/mol. The number of thiophene rings is 1. The molecule has 0 saturated heterocycles. The van der Waals surface area contributed by atoms with Crippen LogP contribution in [0.4, 0.5) is 0 Å². The number of carbonyl (C=O) groups is 1. The van der Waals surface area contributed by atoms with Gasteiger partial charge in [0, 0.05) is 6.92 Å². The zero-order valence-electron chi connectivity index (χ0n) is 5.83. The fraction of sp³-hybridized carbons (Fsp3) is 0.143. The summed E-state index contributed by atoms with van der Waals surface area (Å²) >= 11 is 1.47. The summed E-state index contributed by atoms with van der Waals surface area (Å²) in [4.78, 5) is 10.9. The SMILES string of the molecule is CC(=O)c1onc2ccsc12. The van der Waals surface area contributed by atoms with Crippen molar-refractivity contribution >= 4 is 27.3 Å². The van der Waals surface area contributed by atoms with Crippen LogP contribution in [0.1, 0.15) is 17.5 Å². The van der Waals surface area contributed by atoms with E-state index < -0.39 is 0 Å². The fourth-order valence-electron chi connectivity index (χ4n) is 0.905. The Morgan fingerprint density at radius 1 is 1.73 bits per heavy atom. The van der Waals surface area contributed by atoms with Gasteiger partial charge in [-0.3, -0.25) is 4.79 Å². The summed E-state index contributed by atoms with van der Waals surface area (Å²) in [5.41, 5.74) is 0.764. The van der Waals surface area contributed by atoms with E-state index in [1.54, 1.807) is 0 Å². The largest absolute Gasteiger partial charge is 0.351 e. The molecule has 0 aliphatic heterocycles. The standard InChI is InChI=1S/C7H5NO2S/c1-4(9)6-7-5(8-10-6)2-3-11-7/h2-3H,1H3. The number of aromatic nitrogens is 1. The van der Waals surface area contributed by atoms with E-state index in [1.807, 2.05) is 11.4 Å². The van der Waals surface area contributed by atoms with E-state index in [1.165, 1.54) is 18.3 Å². The zero-order chi connectivity index (χ0) is 7.84. The summed E-state index contributed by atoms with van der Waals surface area (Å²) in [5, 5.41) is 5.60. The molecule has 56 valence electrons. The van der Waals surface area contributed by atoms with Crippen molar-refractivity contribution in [1.82, 2.24) is 5.16 Å². The number of nitrogens with zero attached hydrogens (tertiary/aromatic N) is 1. The molecule has 2 aromatic heterocycles. The topological polar surface area (TPSA) is 43.1 Å². The maximum Gasteiger partial charge on any atom is 0.219 e. The highest BCUT2D eigenvalue weighted by molar-refractivity contribution is 7.17. The van der Waals surface area contributed by atoms with Crippen molar-refractivity contribution in [3.05, 3.63) is 17.2 Å². The van der Waals surface area contributed by atoms with Crippen LogP contribution in [0.15, 0.2) is 16.0 Å². The quantitative estimate of drug-likeness (QED) is 0.611. The molecule has 4 heteroatoms. The maximum atomic E-state index is 10.9. The molecule has 2 heterocycles. The highest BCUT2D eigenvalue weighted by Crippen LogP contribution is 2.23. The summed E-state index contributed by atoms with van der Waals surface area (Å²) in [6.45, 7) is 1.47. The molecule has 0 spiro atoms. The highest BCUT2D eigenvalue weighted by atomic mass is 32.1. The molecule has 0 saturated carbocycles. The van der Waals surface area contributed by atoms with Gasteiger partial charge >= 0.3 is 0 Å². The lowest BCUT2D eigenvalue weighted by atomic mass is 10.3. The molecule has 0 aliphatic carbocycles. The normalized spacial score (nSPS) is 10.6.